The Morgan fingerprint density at radius 3 is 2.46 bits per heavy atom. The Hall–Kier alpha value is -1.68. The fourth-order valence-corrected chi connectivity index (χ4v) is 4.52. The van der Waals surface area contributed by atoms with Crippen LogP contribution in [-0.4, -0.2) is 21.1 Å². The molecule has 3 rings (SSSR count). The average Bonchev–Trinajstić information content (AvgIpc) is 2.96. The molecule has 0 aliphatic carbocycles. The predicted octanol–water partition coefficient (Wildman–Crippen LogP) is 5.86. The standard InChI is InChI=1S/C18H18F6N2OS/c1-16(28-12-5-3-4-11(8-12)17(19,20)21)6-7-27-14(10-16)13-9-15(18(22,23)24)25-26(13)2/h3-5,8-9,14H,6-7,10H2,1-2H3. The molecule has 1 fully saturated rings. The molecule has 2 atom stereocenters. The first-order valence-electron chi connectivity index (χ1n) is 8.46. The van der Waals surface area contributed by atoms with Crippen molar-refractivity contribution in [1.29, 1.82) is 0 Å². The number of halogens is 6. The Bertz CT molecular complexity index is 847. The van der Waals surface area contributed by atoms with Crippen molar-refractivity contribution >= 4 is 11.8 Å². The number of alkyl halides is 6. The molecule has 2 aromatic rings. The van der Waals surface area contributed by atoms with Crippen molar-refractivity contribution in [2.75, 3.05) is 6.61 Å². The molecule has 1 aromatic heterocycles. The van der Waals surface area contributed by atoms with Gasteiger partial charge in [-0.25, -0.2) is 0 Å². The molecule has 10 heteroatoms. The summed E-state index contributed by atoms with van der Waals surface area (Å²) in [6, 6.07) is 6.01. The van der Waals surface area contributed by atoms with E-state index >= 15 is 0 Å². The van der Waals surface area contributed by atoms with Crippen molar-refractivity contribution in [3.63, 3.8) is 0 Å². The van der Waals surface area contributed by atoms with Crippen LogP contribution >= 0.6 is 11.8 Å². The molecule has 154 valence electrons. The van der Waals surface area contributed by atoms with Gasteiger partial charge in [0.2, 0.25) is 0 Å². The van der Waals surface area contributed by atoms with Crippen LogP contribution < -0.4 is 0 Å². The van der Waals surface area contributed by atoms with E-state index in [0.29, 0.717) is 30.0 Å². The van der Waals surface area contributed by atoms with Gasteiger partial charge in [-0.2, -0.15) is 31.4 Å². The molecule has 2 heterocycles. The zero-order chi connectivity index (χ0) is 20.7. The highest BCUT2D eigenvalue weighted by Crippen LogP contribution is 2.47. The van der Waals surface area contributed by atoms with E-state index in [0.717, 1.165) is 22.9 Å². The second kappa shape index (κ2) is 7.29. The van der Waals surface area contributed by atoms with Gasteiger partial charge in [-0.1, -0.05) is 6.07 Å². The molecule has 2 unspecified atom stereocenters. The van der Waals surface area contributed by atoms with Gasteiger partial charge in [-0.3, -0.25) is 4.68 Å². The van der Waals surface area contributed by atoms with Crippen LogP contribution in [0, 0.1) is 0 Å². The minimum Gasteiger partial charge on any atom is -0.372 e. The van der Waals surface area contributed by atoms with E-state index in [9.17, 15) is 26.3 Å². The average molecular weight is 424 g/mol. The highest BCUT2D eigenvalue weighted by Gasteiger charge is 2.40. The monoisotopic (exact) mass is 424 g/mol. The molecule has 0 spiro atoms. The molecule has 0 amide bonds. The van der Waals surface area contributed by atoms with Gasteiger partial charge in [0.05, 0.1) is 11.3 Å². The maximum absolute atomic E-state index is 12.9. The SMILES string of the molecule is Cn1nc(C(F)(F)F)cc1C1CC(C)(Sc2cccc(C(F)(F)F)c2)CCO1. The van der Waals surface area contributed by atoms with Gasteiger partial charge < -0.3 is 4.74 Å². The zero-order valence-corrected chi connectivity index (χ0v) is 15.9. The first kappa shape index (κ1) is 21.0. The second-order valence-electron chi connectivity index (χ2n) is 6.97. The number of rotatable bonds is 3. The number of nitrogens with zero attached hydrogens (tertiary/aromatic N) is 2. The van der Waals surface area contributed by atoms with Gasteiger partial charge in [-0.05, 0) is 44.0 Å². The highest BCUT2D eigenvalue weighted by molar-refractivity contribution is 8.00. The molecule has 1 aromatic carbocycles. The van der Waals surface area contributed by atoms with E-state index in [2.05, 4.69) is 5.10 Å². The highest BCUT2D eigenvalue weighted by atomic mass is 32.2. The summed E-state index contributed by atoms with van der Waals surface area (Å²) < 4.78 is 83.9. The molecule has 3 nitrogen and oxygen atoms in total. The molecule has 1 aliphatic rings. The van der Waals surface area contributed by atoms with Gasteiger partial charge >= 0.3 is 12.4 Å². The Labute approximate surface area is 162 Å². The Balaban J connectivity index is 1.80. The number of benzene rings is 1. The third kappa shape index (κ3) is 4.65. The summed E-state index contributed by atoms with van der Waals surface area (Å²) in [7, 11) is 1.42. The van der Waals surface area contributed by atoms with E-state index < -0.39 is 34.5 Å². The summed E-state index contributed by atoms with van der Waals surface area (Å²) in [5, 5.41) is 3.51. The largest absolute Gasteiger partial charge is 0.435 e. The third-order valence-electron chi connectivity index (χ3n) is 4.63. The van der Waals surface area contributed by atoms with Gasteiger partial charge in [0.25, 0.3) is 0 Å². The molecule has 0 saturated carbocycles. The van der Waals surface area contributed by atoms with Gasteiger partial charge in [-0.15, -0.1) is 11.8 Å². The maximum atomic E-state index is 12.9. The van der Waals surface area contributed by atoms with Gasteiger partial charge in [0, 0.05) is 23.3 Å². The molecule has 0 radical (unpaired) electrons. The van der Waals surface area contributed by atoms with Crippen molar-refractivity contribution < 1.29 is 31.1 Å². The quantitative estimate of drug-likeness (QED) is 0.578. The summed E-state index contributed by atoms with van der Waals surface area (Å²) in [6.07, 6.45) is -8.69. The van der Waals surface area contributed by atoms with E-state index in [-0.39, 0.29) is 0 Å². The predicted molar refractivity (Wildman–Crippen MR) is 91.8 cm³/mol. The van der Waals surface area contributed by atoms with E-state index in [1.165, 1.54) is 24.9 Å². The maximum Gasteiger partial charge on any atom is 0.435 e. The number of aryl methyl sites for hydroxylation is 1. The summed E-state index contributed by atoms with van der Waals surface area (Å²) in [4.78, 5) is 0.457. The normalized spacial score (nSPS) is 23.8. The molecule has 0 N–H and O–H groups in total. The lowest BCUT2D eigenvalue weighted by molar-refractivity contribution is -0.141. The van der Waals surface area contributed by atoms with Gasteiger partial charge in [0.15, 0.2) is 5.69 Å². The van der Waals surface area contributed by atoms with Crippen LogP contribution in [0.25, 0.3) is 0 Å². The van der Waals surface area contributed by atoms with Crippen LogP contribution in [0.2, 0.25) is 0 Å². The lowest BCUT2D eigenvalue weighted by Gasteiger charge is -2.37. The molecular formula is C18H18F6N2OS. The van der Waals surface area contributed by atoms with E-state index in [1.807, 2.05) is 6.92 Å². The number of aromatic nitrogens is 2. The summed E-state index contributed by atoms with van der Waals surface area (Å²) >= 11 is 1.28. The number of thioether (sulfide) groups is 1. The second-order valence-corrected chi connectivity index (χ2v) is 8.63. The minimum absolute atomic E-state index is 0.291. The first-order chi connectivity index (χ1) is 12.9. The fraction of sp³-hybridized carbons (Fsp3) is 0.500. The minimum atomic E-state index is -4.55. The molecule has 0 bridgehead atoms. The van der Waals surface area contributed by atoms with E-state index in [4.69, 9.17) is 4.74 Å². The van der Waals surface area contributed by atoms with Crippen molar-refractivity contribution in [2.45, 2.75) is 47.9 Å². The molecular weight excluding hydrogens is 406 g/mol. The molecule has 28 heavy (non-hydrogen) atoms. The number of hydrogen-bond donors (Lipinski definition) is 0. The van der Waals surface area contributed by atoms with Crippen LogP contribution in [0.3, 0.4) is 0 Å². The lowest BCUT2D eigenvalue weighted by atomic mass is 9.94. The first-order valence-corrected chi connectivity index (χ1v) is 9.28. The Morgan fingerprint density at radius 2 is 1.86 bits per heavy atom. The lowest BCUT2D eigenvalue weighted by Crippen LogP contribution is -2.32. The van der Waals surface area contributed by atoms with Crippen LogP contribution in [0.5, 0.6) is 0 Å². The van der Waals surface area contributed by atoms with Gasteiger partial charge in [0.1, 0.15) is 6.10 Å². The zero-order valence-electron chi connectivity index (χ0n) is 15.1. The topological polar surface area (TPSA) is 27.1 Å². The molecule has 1 saturated heterocycles. The Kier molecular flexibility index (Phi) is 5.48. The number of hydrogen-bond acceptors (Lipinski definition) is 3. The summed E-state index contributed by atoms with van der Waals surface area (Å²) in [5.41, 5.74) is -1.43. The van der Waals surface area contributed by atoms with Crippen molar-refractivity contribution in [2.24, 2.45) is 7.05 Å². The third-order valence-corrected chi connectivity index (χ3v) is 5.98. The van der Waals surface area contributed by atoms with Crippen LogP contribution in [0.15, 0.2) is 35.2 Å². The van der Waals surface area contributed by atoms with Crippen molar-refractivity contribution in [3.05, 3.63) is 47.3 Å². The van der Waals surface area contributed by atoms with Crippen molar-refractivity contribution in [3.8, 4) is 0 Å². The smallest absolute Gasteiger partial charge is 0.372 e. The Morgan fingerprint density at radius 1 is 1.14 bits per heavy atom. The van der Waals surface area contributed by atoms with Crippen LogP contribution in [-0.2, 0) is 24.1 Å². The van der Waals surface area contributed by atoms with Crippen molar-refractivity contribution in [1.82, 2.24) is 9.78 Å². The van der Waals surface area contributed by atoms with E-state index in [1.54, 1.807) is 6.07 Å². The fourth-order valence-electron chi connectivity index (χ4n) is 3.19. The summed E-state index contributed by atoms with van der Waals surface area (Å²) in [6.45, 7) is 2.17. The van der Waals surface area contributed by atoms with Crippen LogP contribution in [0.1, 0.15) is 42.8 Å². The summed E-state index contributed by atoms with van der Waals surface area (Å²) in [5.74, 6) is 0. The number of ether oxygens (including phenoxy) is 1. The molecule has 1 aliphatic heterocycles. The van der Waals surface area contributed by atoms with Crippen LogP contribution in [0.4, 0.5) is 26.3 Å².